The first-order chi connectivity index (χ1) is 9.08. The Morgan fingerprint density at radius 2 is 1.95 bits per heavy atom. The van der Waals surface area contributed by atoms with Crippen LogP contribution in [-0.2, 0) is 11.3 Å². The molecule has 0 fully saturated rings. The Kier molecular flexibility index (Phi) is 4.32. The fourth-order valence-corrected chi connectivity index (χ4v) is 2.21. The maximum absolute atomic E-state index is 12.0. The molecule has 0 aliphatic heterocycles. The zero-order chi connectivity index (χ0) is 13.8. The normalized spacial score (nSPS) is 10.3. The lowest BCUT2D eigenvalue weighted by Crippen LogP contribution is -2.43. The third-order valence-electron chi connectivity index (χ3n) is 3.08. The number of para-hydroxylation sites is 1. The van der Waals surface area contributed by atoms with Crippen molar-refractivity contribution in [3.05, 3.63) is 58.3 Å². The Morgan fingerprint density at radius 3 is 2.68 bits per heavy atom. The molecule has 0 radical (unpaired) electrons. The lowest BCUT2D eigenvalue weighted by Gasteiger charge is -2.06. The molecule has 0 atom stereocenters. The van der Waals surface area contributed by atoms with Crippen molar-refractivity contribution in [1.29, 1.82) is 0 Å². The van der Waals surface area contributed by atoms with Gasteiger partial charge in [0.05, 0.1) is 5.69 Å². The summed E-state index contributed by atoms with van der Waals surface area (Å²) in [6, 6.07) is 11.6. The largest absolute Gasteiger partial charge is 0.320 e. The van der Waals surface area contributed by atoms with Crippen molar-refractivity contribution in [3.8, 4) is 0 Å². The van der Waals surface area contributed by atoms with Crippen molar-refractivity contribution >= 4 is 27.5 Å². The van der Waals surface area contributed by atoms with Crippen LogP contribution in [0.5, 0.6) is 0 Å². The van der Waals surface area contributed by atoms with Gasteiger partial charge in [-0.25, -0.2) is 0 Å². The van der Waals surface area contributed by atoms with Gasteiger partial charge in [0.1, 0.15) is 0 Å². The molecule has 1 N–H and O–H groups in total. The molecule has 1 heterocycles. The lowest BCUT2D eigenvalue weighted by molar-refractivity contribution is -0.690. The Labute approximate surface area is 121 Å². The molecular weight excluding hydrogens is 304 g/mol. The third kappa shape index (κ3) is 3.41. The van der Waals surface area contributed by atoms with Crippen molar-refractivity contribution < 1.29 is 9.36 Å². The first-order valence-corrected chi connectivity index (χ1v) is 6.87. The van der Waals surface area contributed by atoms with Gasteiger partial charge in [-0.2, -0.15) is 4.57 Å². The molecule has 0 spiro atoms. The standard InChI is InChI=1S/C15H15BrN2O/c1-11-6-5-9-18(12(11)2)10-15(19)17-14-8-4-3-7-13(14)16/h3-9H,10H2,1-2H3/p+1. The number of rotatable bonds is 3. The average Bonchev–Trinajstić information content (AvgIpc) is 2.38. The number of pyridine rings is 1. The zero-order valence-corrected chi connectivity index (χ0v) is 12.6. The van der Waals surface area contributed by atoms with Gasteiger partial charge in [-0.3, -0.25) is 4.79 Å². The van der Waals surface area contributed by atoms with E-state index in [1.807, 2.05) is 61.0 Å². The van der Waals surface area contributed by atoms with Gasteiger partial charge >= 0.3 is 0 Å². The van der Waals surface area contributed by atoms with Crippen LogP contribution in [0.1, 0.15) is 11.3 Å². The summed E-state index contributed by atoms with van der Waals surface area (Å²) in [5, 5.41) is 2.90. The maximum Gasteiger partial charge on any atom is 0.290 e. The Morgan fingerprint density at radius 1 is 1.21 bits per heavy atom. The number of hydrogen-bond donors (Lipinski definition) is 1. The smallest absolute Gasteiger partial charge is 0.290 e. The molecule has 2 rings (SSSR count). The lowest BCUT2D eigenvalue weighted by atomic mass is 10.2. The number of hydrogen-bond acceptors (Lipinski definition) is 1. The van der Waals surface area contributed by atoms with E-state index >= 15 is 0 Å². The van der Waals surface area contributed by atoms with Crippen molar-refractivity contribution in [2.75, 3.05) is 5.32 Å². The van der Waals surface area contributed by atoms with E-state index in [9.17, 15) is 4.79 Å². The predicted molar refractivity (Wildman–Crippen MR) is 78.9 cm³/mol. The van der Waals surface area contributed by atoms with Crippen LogP contribution in [0.4, 0.5) is 5.69 Å². The number of nitrogens with zero attached hydrogens (tertiary/aromatic N) is 1. The summed E-state index contributed by atoms with van der Waals surface area (Å²) in [6.45, 7) is 4.37. The van der Waals surface area contributed by atoms with Crippen LogP contribution in [0.15, 0.2) is 47.1 Å². The number of halogens is 1. The minimum atomic E-state index is -0.0365. The molecule has 0 aliphatic rings. The summed E-state index contributed by atoms with van der Waals surface area (Å²) in [6.07, 6.45) is 1.92. The monoisotopic (exact) mass is 319 g/mol. The zero-order valence-electron chi connectivity index (χ0n) is 11.0. The SMILES string of the molecule is Cc1ccc[n+](CC(=O)Nc2ccccc2Br)c1C. The molecule has 0 unspecified atom stereocenters. The molecule has 98 valence electrons. The number of aromatic nitrogens is 1. The molecule has 0 saturated carbocycles. The molecule has 0 aliphatic carbocycles. The summed E-state index contributed by atoms with van der Waals surface area (Å²) in [7, 11) is 0. The van der Waals surface area contributed by atoms with Crippen molar-refractivity contribution in [2.45, 2.75) is 20.4 Å². The number of amides is 1. The number of aryl methyl sites for hydroxylation is 1. The number of carbonyl (C=O) groups is 1. The van der Waals surface area contributed by atoms with E-state index in [0.717, 1.165) is 15.9 Å². The van der Waals surface area contributed by atoms with Crippen molar-refractivity contribution in [3.63, 3.8) is 0 Å². The van der Waals surface area contributed by atoms with Gasteiger partial charge in [0, 0.05) is 23.0 Å². The first kappa shape index (κ1) is 13.7. The summed E-state index contributed by atoms with van der Waals surface area (Å²) in [5.41, 5.74) is 3.07. The van der Waals surface area contributed by atoms with E-state index in [4.69, 9.17) is 0 Å². The molecule has 2 aromatic rings. The van der Waals surface area contributed by atoms with Gasteiger partial charge in [-0.05, 0) is 41.1 Å². The molecule has 4 heteroatoms. The topological polar surface area (TPSA) is 33.0 Å². The highest BCUT2D eigenvalue weighted by atomic mass is 79.9. The van der Waals surface area contributed by atoms with E-state index in [1.165, 1.54) is 5.56 Å². The summed E-state index contributed by atoms with van der Waals surface area (Å²) in [4.78, 5) is 12.0. The molecule has 19 heavy (non-hydrogen) atoms. The molecule has 3 nitrogen and oxygen atoms in total. The Hall–Kier alpha value is -1.68. The average molecular weight is 320 g/mol. The molecule has 0 saturated heterocycles. The van der Waals surface area contributed by atoms with Crippen LogP contribution >= 0.6 is 15.9 Å². The van der Waals surface area contributed by atoms with Gasteiger partial charge in [-0.15, -0.1) is 0 Å². The van der Waals surface area contributed by atoms with E-state index in [1.54, 1.807) is 0 Å². The molecular formula is C15H16BrN2O+. The number of anilines is 1. The predicted octanol–water partition coefficient (Wildman–Crippen LogP) is 2.99. The maximum atomic E-state index is 12.0. The molecule has 1 aromatic heterocycles. The van der Waals surface area contributed by atoms with Crippen LogP contribution in [0.25, 0.3) is 0 Å². The van der Waals surface area contributed by atoms with Gasteiger partial charge in [-0.1, -0.05) is 12.1 Å². The first-order valence-electron chi connectivity index (χ1n) is 6.08. The molecule has 0 bridgehead atoms. The van der Waals surface area contributed by atoms with Gasteiger partial charge in [0.25, 0.3) is 5.91 Å². The highest BCUT2D eigenvalue weighted by Gasteiger charge is 2.14. The van der Waals surface area contributed by atoms with Crippen LogP contribution in [-0.4, -0.2) is 5.91 Å². The number of benzene rings is 1. The van der Waals surface area contributed by atoms with Gasteiger partial charge in [0.15, 0.2) is 11.9 Å². The third-order valence-corrected chi connectivity index (χ3v) is 3.77. The highest BCUT2D eigenvalue weighted by molar-refractivity contribution is 9.10. The Balaban J connectivity index is 2.10. The number of nitrogens with one attached hydrogen (secondary N) is 1. The van der Waals surface area contributed by atoms with E-state index < -0.39 is 0 Å². The Bertz CT molecular complexity index is 611. The second-order valence-corrected chi connectivity index (χ2v) is 5.29. The van der Waals surface area contributed by atoms with Crippen LogP contribution in [0, 0.1) is 13.8 Å². The fraction of sp³-hybridized carbons (Fsp3) is 0.200. The van der Waals surface area contributed by atoms with Crippen molar-refractivity contribution in [1.82, 2.24) is 0 Å². The molecule has 1 amide bonds. The number of carbonyl (C=O) groups excluding carboxylic acids is 1. The van der Waals surface area contributed by atoms with Crippen LogP contribution in [0.3, 0.4) is 0 Å². The quantitative estimate of drug-likeness (QED) is 0.867. The van der Waals surface area contributed by atoms with Gasteiger partial charge < -0.3 is 5.32 Å². The van der Waals surface area contributed by atoms with Gasteiger partial charge in [0.2, 0.25) is 6.54 Å². The summed E-state index contributed by atoms with van der Waals surface area (Å²) >= 11 is 3.41. The second-order valence-electron chi connectivity index (χ2n) is 4.43. The highest BCUT2D eigenvalue weighted by Crippen LogP contribution is 2.20. The second kappa shape index (κ2) is 5.97. The van der Waals surface area contributed by atoms with Crippen LogP contribution in [0.2, 0.25) is 0 Å². The minimum absolute atomic E-state index is 0.0365. The minimum Gasteiger partial charge on any atom is -0.320 e. The van der Waals surface area contributed by atoms with Crippen molar-refractivity contribution in [2.24, 2.45) is 0 Å². The fourth-order valence-electron chi connectivity index (χ4n) is 1.83. The van der Waals surface area contributed by atoms with E-state index in [2.05, 4.69) is 21.2 Å². The molecule has 1 aromatic carbocycles. The summed E-state index contributed by atoms with van der Waals surface area (Å²) in [5.74, 6) is -0.0365. The van der Waals surface area contributed by atoms with E-state index in [0.29, 0.717) is 6.54 Å². The van der Waals surface area contributed by atoms with Crippen LogP contribution < -0.4 is 9.88 Å². The summed E-state index contributed by atoms with van der Waals surface area (Å²) < 4.78 is 2.83. The van der Waals surface area contributed by atoms with E-state index in [-0.39, 0.29) is 5.91 Å².